The fourth-order valence-electron chi connectivity index (χ4n) is 3.57. The van der Waals surface area contributed by atoms with Gasteiger partial charge in [-0.1, -0.05) is 18.2 Å². The molecule has 4 rings (SSSR count). The van der Waals surface area contributed by atoms with Gasteiger partial charge in [0, 0.05) is 31.1 Å². The molecule has 2 heterocycles. The van der Waals surface area contributed by atoms with Crippen molar-refractivity contribution >= 4 is 22.7 Å². The Morgan fingerprint density at radius 2 is 1.96 bits per heavy atom. The number of nitrogen functional groups attached to an aromatic ring is 1. The van der Waals surface area contributed by atoms with Gasteiger partial charge in [0.2, 0.25) is 5.95 Å². The second kappa shape index (κ2) is 7.08. The van der Waals surface area contributed by atoms with Crippen LogP contribution in [0.2, 0.25) is 0 Å². The molecule has 1 unspecified atom stereocenters. The van der Waals surface area contributed by atoms with Gasteiger partial charge in [0.25, 0.3) is 0 Å². The molecule has 1 aliphatic heterocycles. The number of nitrogens with two attached hydrogens (primary N) is 1. The molecule has 0 saturated carbocycles. The maximum Gasteiger partial charge on any atom is 0.227 e. The number of aromatic nitrogens is 2. The molecule has 5 nitrogen and oxygen atoms in total. The Morgan fingerprint density at radius 1 is 1.15 bits per heavy atom. The lowest BCUT2D eigenvalue weighted by Gasteiger charge is -2.25. The molecule has 27 heavy (non-hydrogen) atoms. The zero-order valence-corrected chi connectivity index (χ0v) is 15.1. The van der Waals surface area contributed by atoms with E-state index < -0.39 is 11.6 Å². The standard InChI is InChI=1S/C20H21F2N5/c1-26(11-13-6-7-16(21)17(22)10-13)14-8-9-27(12-14)20-24-18-5-3-2-4-15(18)19(23)25-20/h2-7,10,14H,8-9,11-12H2,1H3,(H2,23,24,25). The van der Waals surface area contributed by atoms with Crippen LogP contribution in [0, 0.1) is 11.6 Å². The van der Waals surface area contributed by atoms with Crippen LogP contribution >= 0.6 is 0 Å². The molecule has 0 radical (unpaired) electrons. The molecular weight excluding hydrogens is 348 g/mol. The minimum Gasteiger partial charge on any atom is -0.383 e. The van der Waals surface area contributed by atoms with Gasteiger partial charge in [-0.3, -0.25) is 4.90 Å². The zero-order valence-electron chi connectivity index (χ0n) is 15.1. The number of benzene rings is 2. The van der Waals surface area contributed by atoms with Crippen LogP contribution in [0.5, 0.6) is 0 Å². The molecule has 1 atom stereocenters. The summed E-state index contributed by atoms with van der Waals surface area (Å²) in [5.41, 5.74) is 7.68. The topological polar surface area (TPSA) is 58.3 Å². The predicted octanol–water partition coefficient (Wildman–Crippen LogP) is 3.20. The van der Waals surface area contributed by atoms with E-state index in [1.807, 2.05) is 31.3 Å². The predicted molar refractivity (Wildman–Crippen MR) is 102 cm³/mol. The number of nitrogens with zero attached hydrogens (tertiary/aromatic N) is 4. The van der Waals surface area contributed by atoms with E-state index in [4.69, 9.17) is 5.73 Å². The molecule has 2 N–H and O–H groups in total. The van der Waals surface area contributed by atoms with Crippen LogP contribution in [0.1, 0.15) is 12.0 Å². The van der Waals surface area contributed by atoms with Crippen molar-refractivity contribution in [1.82, 2.24) is 14.9 Å². The molecule has 140 valence electrons. The third kappa shape index (κ3) is 3.55. The maximum atomic E-state index is 13.4. The first kappa shape index (κ1) is 17.6. The molecule has 0 aliphatic carbocycles. The number of fused-ring (bicyclic) bond motifs is 1. The summed E-state index contributed by atoms with van der Waals surface area (Å²) in [6.45, 7) is 2.14. The van der Waals surface area contributed by atoms with Gasteiger partial charge in [0.15, 0.2) is 11.6 Å². The van der Waals surface area contributed by atoms with E-state index in [-0.39, 0.29) is 6.04 Å². The van der Waals surface area contributed by atoms with Crippen molar-refractivity contribution in [2.24, 2.45) is 0 Å². The number of rotatable bonds is 4. The van der Waals surface area contributed by atoms with Gasteiger partial charge in [0.05, 0.1) is 5.52 Å². The Hall–Kier alpha value is -2.80. The first-order valence-electron chi connectivity index (χ1n) is 8.92. The van der Waals surface area contributed by atoms with Gasteiger partial charge in [-0.25, -0.2) is 13.8 Å². The number of hydrogen-bond acceptors (Lipinski definition) is 5. The van der Waals surface area contributed by atoms with Crippen LogP contribution < -0.4 is 10.6 Å². The summed E-state index contributed by atoms with van der Waals surface area (Å²) in [5.74, 6) is -0.516. The van der Waals surface area contributed by atoms with Gasteiger partial charge < -0.3 is 10.6 Å². The fourth-order valence-corrected chi connectivity index (χ4v) is 3.57. The van der Waals surface area contributed by atoms with Gasteiger partial charge >= 0.3 is 0 Å². The number of halogens is 2. The van der Waals surface area contributed by atoms with Gasteiger partial charge in [-0.2, -0.15) is 4.98 Å². The van der Waals surface area contributed by atoms with Crippen LogP contribution in [0.25, 0.3) is 10.9 Å². The van der Waals surface area contributed by atoms with Gasteiger partial charge in [0.1, 0.15) is 5.82 Å². The van der Waals surface area contributed by atoms with Crippen LogP contribution in [-0.4, -0.2) is 41.0 Å². The van der Waals surface area contributed by atoms with Crippen LogP contribution in [0.4, 0.5) is 20.5 Å². The Balaban J connectivity index is 1.47. The number of para-hydroxylation sites is 1. The van der Waals surface area contributed by atoms with Crippen molar-refractivity contribution in [2.75, 3.05) is 30.8 Å². The largest absolute Gasteiger partial charge is 0.383 e. The molecule has 0 amide bonds. The lowest BCUT2D eigenvalue weighted by atomic mass is 10.1. The highest BCUT2D eigenvalue weighted by Crippen LogP contribution is 2.25. The summed E-state index contributed by atoms with van der Waals surface area (Å²) in [4.78, 5) is 13.4. The quantitative estimate of drug-likeness (QED) is 0.765. The van der Waals surface area contributed by atoms with Crippen molar-refractivity contribution in [3.63, 3.8) is 0 Å². The maximum absolute atomic E-state index is 13.4. The highest BCUT2D eigenvalue weighted by Gasteiger charge is 2.28. The van der Waals surface area contributed by atoms with Crippen molar-refractivity contribution in [3.8, 4) is 0 Å². The minimum atomic E-state index is -0.820. The lowest BCUT2D eigenvalue weighted by Crippen LogP contribution is -2.34. The van der Waals surface area contributed by atoms with Crippen molar-refractivity contribution in [3.05, 3.63) is 59.7 Å². The van der Waals surface area contributed by atoms with E-state index in [2.05, 4.69) is 19.8 Å². The SMILES string of the molecule is CN(Cc1ccc(F)c(F)c1)C1CCN(c2nc(N)c3ccccc3n2)C1. The molecule has 1 aliphatic rings. The van der Waals surface area contributed by atoms with E-state index in [1.54, 1.807) is 6.07 Å². The Kier molecular flexibility index (Phi) is 4.61. The van der Waals surface area contributed by atoms with Crippen molar-refractivity contribution < 1.29 is 8.78 Å². The third-order valence-corrected chi connectivity index (χ3v) is 5.11. The monoisotopic (exact) mass is 369 g/mol. The Bertz CT molecular complexity index is 978. The highest BCUT2D eigenvalue weighted by atomic mass is 19.2. The molecule has 3 aromatic rings. The van der Waals surface area contributed by atoms with E-state index in [9.17, 15) is 8.78 Å². The number of hydrogen-bond donors (Lipinski definition) is 1. The van der Waals surface area contributed by atoms with Gasteiger partial charge in [-0.05, 0) is 43.3 Å². The van der Waals surface area contributed by atoms with E-state index in [0.29, 0.717) is 18.3 Å². The highest BCUT2D eigenvalue weighted by molar-refractivity contribution is 5.88. The van der Waals surface area contributed by atoms with E-state index >= 15 is 0 Å². The van der Waals surface area contributed by atoms with Crippen LogP contribution in [0.15, 0.2) is 42.5 Å². The third-order valence-electron chi connectivity index (χ3n) is 5.11. The zero-order chi connectivity index (χ0) is 19.0. The van der Waals surface area contributed by atoms with Crippen LogP contribution in [-0.2, 0) is 6.54 Å². The minimum absolute atomic E-state index is 0.273. The van der Waals surface area contributed by atoms with Gasteiger partial charge in [-0.15, -0.1) is 0 Å². The smallest absolute Gasteiger partial charge is 0.227 e. The van der Waals surface area contributed by atoms with E-state index in [0.717, 1.165) is 36.0 Å². The van der Waals surface area contributed by atoms with Crippen LogP contribution in [0.3, 0.4) is 0 Å². The normalized spacial score (nSPS) is 17.2. The average Bonchev–Trinajstić information content (AvgIpc) is 3.15. The molecule has 0 bridgehead atoms. The second-order valence-corrected chi connectivity index (χ2v) is 6.98. The summed E-state index contributed by atoms with van der Waals surface area (Å²) in [6, 6.07) is 12.0. The number of anilines is 2. The molecule has 1 fully saturated rings. The molecule has 1 aromatic heterocycles. The summed E-state index contributed by atoms with van der Waals surface area (Å²) in [7, 11) is 1.99. The first-order chi connectivity index (χ1) is 13.0. The fraction of sp³-hybridized carbons (Fsp3) is 0.300. The second-order valence-electron chi connectivity index (χ2n) is 6.98. The average molecular weight is 369 g/mol. The summed E-state index contributed by atoms with van der Waals surface area (Å²) in [5, 5.41) is 0.854. The molecule has 0 spiro atoms. The first-order valence-corrected chi connectivity index (χ1v) is 8.92. The lowest BCUT2D eigenvalue weighted by molar-refractivity contribution is 0.250. The number of likely N-dealkylation sites (N-methyl/N-ethyl adjacent to an activating group) is 1. The summed E-state index contributed by atoms with van der Waals surface area (Å²) in [6.07, 6.45) is 0.941. The van der Waals surface area contributed by atoms with Crippen molar-refractivity contribution in [2.45, 2.75) is 19.0 Å². The van der Waals surface area contributed by atoms with Crippen molar-refractivity contribution in [1.29, 1.82) is 0 Å². The molecular formula is C20H21F2N5. The molecule has 1 saturated heterocycles. The Labute approximate surface area is 156 Å². The summed E-state index contributed by atoms with van der Waals surface area (Å²) >= 11 is 0. The Morgan fingerprint density at radius 3 is 2.78 bits per heavy atom. The molecule has 7 heteroatoms. The molecule has 2 aromatic carbocycles. The summed E-state index contributed by atoms with van der Waals surface area (Å²) < 4.78 is 26.5. The van der Waals surface area contributed by atoms with E-state index in [1.165, 1.54) is 12.1 Å².